The molecule has 1 aliphatic heterocycles. The third-order valence-corrected chi connectivity index (χ3v) is 10.2. The second kappa shape index (κ2) is 7.13. The molecule has 0 amide bonds. The zero-order valence-electron chi connectivity index (χ0n) is 19.0. The Hall–Kier alpha value is -1.73. The van der Waals surface area contributed by atoms with Crippen LogP contribution in [0, 0.1) is 28.6 Å². The van der Waals surface area contributed by atoms with Crippen LogP contribution in [0.1, 0.15) is 71.6 Å². The topological polar surface area (TPSA) is 110 Å². The van der Waals surface area contributed by atoms with E-state index < -0.39 is 16.6 Å². The molecule has 32 heavy (non-hydrogen) atoms. The monoisotopic (exact) mass is 446 g/mol. The molecule has 0 unspecified atom stereocenters. The quantitative estimate of drug-likeness (QED) is 0.506. The molecule has 0 radical (unpaired) electrons. The first-order chi connectivity index (χ1) is 15.1. The van der Waals surface area contributed by atoms with Crippen LogP contribution in [0.2, 0.25) is 0 Å². The van der Waals surface area contributed by atoms with Gasteiger partial charge in [0.2, 0.25) is 0 Å². The molecular weight excluding hydrogens is 412 g/mol. The fraction of sp³-hybridized carbons (Fsp3) is 0.800. The van der Waals surface area contributed by atoms with Gasteiger partial charge in [0, 0.05) is 24.8 Å². The SMILES string of the molecule is CC(=O)O[C@@H]1CC[C@]2(C=O)[C@@H]3CC[C@@]4(C)[C@H](C5=CC(=O)OC5)CC[C@]4(O)[C@H]3CC[C@@]2(O)C1. The van der Waals surface area contributed by atoms with Crippen molar-refractivity contribution in [3.8, 4) is 0 Å². The summed E-state index contributed by atoms with van der Waals surface area (Å²) in [6.07, 6.45) is 7.44. The molecule has 4 saturated carbocycles. The maximum absolute atomic E-state index is 12.7. The van der Waals surface area contributed by atoms with E-state index in [0.29, 0.717) is 38.7 Å². The van der Waals surface area contributed by atoms with Crippen LogP contribution in [0.4, 0.5) is 0 Å². The number of aliphatic hydroxyl groups is 2. The van der Waals surface area contributed by atoms with Crippen LogP contribution >= 0.6 is 0 Å². The minimum Gasteiger partial charge on any atom is -0.462 e. The van der Waals surface area contributed by atoms with E-state index in [-0.39, 0.29) is 47.6 Å². The maximum atomic E-state index is 12.7. The van der Waals surface area contributed by atoms with Gasteiger partial charge in [-0.3, -0.25) is 4.79 Å². The van der Waals surface area contributed by atoms with Gasteiger partial charge in [-0.1, -0.05) is 6.92 Å². The first kappa shape index (κ1) is 22.1. The molecule has 2 N–H and O–H groups in total. The van der Waals surface area contributed by atoms with Crippen molar-refractivity contribution in [3.63, 3.8) is 0 Å². The summed E-state index contributed by atoms with van der Waals surface area (Å²) < 4.78 is 10.6. The van der Waals surface area contributed by atoms with Crippen LogP contribution in [0.25, 0.3) is 0 Å². The summed E-state index contributed by atoms with van der Waals surface area (Å²) in [6.45, 7) is 3.81. The summed E-state index contributed by atoms with van der Waals surface area (Å²) in [6, 6.07) is 0. The van der Waals surface area contributed by atoms with Gasteiger partial charge in [-0.25, -0.2) is 4.79 Å². The average Bonchev–Trinajstić information content (AvgIpc) is 3.27. The molecular formula is C25H34O7. The van der Waals surface area contributed by atoms with Gasteiger partial charge in [0.15, 0.2) is 0 Å². The van der Waals surface area contributed by atoms with E-state index in [1.54, 1.807) is 6.08 Å². The van der Waals surface area contributed by atoms with Crippen LogP contribution in [0.5, 0.6) is 0 Å². The highest BCUT2D eigenvalue weighted by molar-refractivity contribution is 5.85. The predicted octanol–water partition coefficient (Wildman–Crippen LogP) is 2.47. The lowest BCUT2D eigenvalue weighted by atomic mass is 9.41. The van der Waals surface area contributed by atoms with Gasteiger partial charge in [0.1, 0.15) is 19.0 Å². The molecule has 0 bridgehead atoms. The molecule has 0 saturated heterocycles. The molecule has 5 aliphatic rings. The lowest BCUT2D eigenvalue weighted by Crippen LogP contribution is -2.69. The molecule has 4 fully saturated rings. The minimum atomic E-state index is -1.22. The fourth-order valence-electron chi connectivity index (χ4n) is 8.65. The van der Waals surface area contributed by atoms with Crippen molar-refractivity contribution in [2.75, 3.05) is 6.61 Å². The van der Waals surface area contributed by atoms with Gasteiger partial charge in [0.05, 0.1) is 16.6 Å². The molecule has 0 aromatic heterocycles. The smallest absolute Gasteiger partial charge is 0.331 e. The summed E-state index contributed by atoms with van der Waals surface area (Å²) in [5.74, 6) is -0.772. The van der Waals surface area contributed by atoms with E-state index >= 15 is 0 Å². The number of esters is 2. The van der Waals surface area contributed by atoms with Crippen LogP contribution in [-0.4, -0.2) is 52.4 Å². The number of ether oxygens (including phenoxy) is 2. The van der Waals surface area contributed by atoms with Gasteiger partial charge in [-0.05, 0) is 74.7 Å². The number of fused-ring (bicyclic) bond motifs is 5. The summed E-state index contributed by atoms with van der Waals surface area (Å²) in [5.41, 5.74) is -2.50. The van der Waals surface area contributed by atoms with Crippen LogP contribution in [0.3, 0.4) is 0 Å². The van der Waals surface area contributed by atoms with Crippen molar-refractivity contribution < 1.29 is 34.1 Å². The van der Waals surface area contributed by atoms with Crippen LogP contribution in [0.15, 0.2) is 11.6 Å². The third-order valence-electron chi connectivity index (χ3n) is 10.2. The zero-order chi connectivity index (χ0) is 22.9. The number of aldehydes is 1. The van der Waals surface area contributed by atoms with Crippen molar-refractivity contribution in [2.45, 2.75) is 88.9 Å². The van der Waals surface area contributed by atoms with Crippen molar-refractivity contribution >= 4 is 18.2 Å². The Morgan fingerprint density at radius 2 is 1.88 bits per heavy atom. The number of hydrogen-bond donors (Lipinski definition) is 2. The summed E-state index contributed by atoms with van der Waals surface area (Å²) >= 11 is 0. The largest absolute Gasteiger partial charge is 0.462 e. The molecule has 0 aromatic rings. The first-order valence-corrected chi connectivity index (χ1v) is 12.0. The second-order valence-electron chi connectivity index (χ2n) is 11.2. The minimum absolute atomic E-state index is 0.0828. The van der Waals surface area contributed by atoms with Crippen molar-refractivity contribution in [3.05, 3.63) is 11.6 Å². The van der Waals surface area contributed by atoms with E-state index in [1.165, 1.54) is 6.92 Å². The number of carbonyl (C=O) groups excluding carboxylic acids is 3. The van der Waals surface area contributed by atoms with Gasteiger partial charge in [-0.15, -0.1) is 0 Å². The Labute approximate surface area is 188 Å². The van der Waals surface area contributed by atoms with Crippen LogP contribution < -0.4 is 0 Å². The average molecular weight is 447 g/mol. The molecule has 4 aliphatic carbocycles. The highest BCUT2D eigenvalue weighted by atomic mass is 16.5. The number of rotatable bonds is 3. The highest BCUT2D eigenvalue weighted by Gasteiger charge is 2.71. The van der Waals surface area contributed by atoms with E-state index in [9.17, 15) is 24.6 Å². The molecule has 7 heteroatoms. The van der Waals surface area contributed by atoms with E-state index in [4.69, 9.17) is 9.47 Å². The van der Waals surface area contributed by atoms with Gasteiger partial charge < -0.3 is 24.5 Å². The van der Waals surface area contributed by atoms with E-state index in [1.807, 2.05) is 0 Å². The Morgan fingerprint density at radius 3 is 2.53 bits per heavy atom. The normalized spacial score (nSPS) is 49.9. The Morgan fingerprint density at radius 1 is 1.12 bits per heavy atom. The Bertz CT molecular complexity index is 882. The van der Waals surface area contributed by atoms with Gasteiger partial charge in [-0.2, -0.15) is 0 Å². The van der Waals surface area contributed by atoms with E-state index in [2.05, 4.69) is 6.92 Å². The maximum Gasteiger partial charge on any atom is 0.331 e. The Kier molecular flexibility index (Phi) is 4.92. The first-order valence-electron chi connectivity index (χ1n) is 12.0. The number of hydrogen-bond acceptors (Lipinski definition) is 7. The van der Waals surface area contributed by atoms with Gasteiger partial charge >= 0.3 is 11.9 Å². The lowest BCUT2D eigenvalue weighted by molar-refractivity contribution is -0.249. The van der Waals surface area contributed by atoms with Crippen LogP contribution in [-0.2, 0) is 23.9 Å². The molecule has 176 valence electrons. The van der Waals surface area contributed by atoms with Gasteiger partial charge in [0.25, 0.3) is 0 Å². The summed E-state index contributed by atoms with van der Waals surface area (Å²) in [5, 5.41) is 23.9. The molecule has 8 atom stereocenters. The fourth-order valence-corrected chi connectivity index (χ4v) is 8.65. The third kappa shape index (κ3) is 2.76. The number of cyclic esters (lactones) is 1. The second-order valence-corrected chi connectivity index (χ2v) is 11.2. The molecule has 5 rings (SSSR count). The lowest BCUT2D eigenvalue weighted by Gasteiger charge is -2.65. The molecule has 0 aromatic carbocycles. The van der Waals surface area contributed by atoms with Crippen molar-refractivity contribution in [1.82, 2.24) is 0 Å². The molecule has 7 nitrogen and oxygen atoms in total. The van der Waals surface area contributed by atoms with Crippen molar-refractivity contribution in [1.29, 1.82) is 0 Å². The van der Waals surface area contributed by atoms with E-state index in [0.717, 1.165) is 31.1 Å². The highest BCUT2D eigenvalue weighted by Crippen LogP contribution is 2.70. The summed E-state index contributed by atoms with van der Waals surface area (Å²) in [4.78, 5) is 35.8. The molecule has 1 heterocycles. The Balaban J connectivity index is 1.46. The van der Waals surface area contributed by atoms with Crippen molar-refractivity contribution in [2.24, 2.45) is 28.6 Å². The summed E-state index contributed by atoms with van der Waals surface area (Å²) in [7, 11) is 0. The zero-order valence-corrected chi connectivity index (χ0v) is 19.0. The standard InChI is InChI=1S/C25H34O7/c1-15(27)32-17-3-8-23(14-26)19-4-7-22(2)18(16-11-21(28)31-13-16)6-10-25(22,30)20(19)5-9-24(23,29)12-17/h11,14,17-20,29-30H,3-10,12-13H2,1-2H3/t17-,18+,19-,20+,22+,23+,24-,25+/m1/s1. The molecule has 0 spiro atoms. The number of carbonyl (C=O) groups is 3. The predicted molar refractivity (Wildman–Crippen MR) is 113 cm³/mol.